The van der Waals surface area contributed by atoms with Crippen molar-refractivity contribution in [2.45, 2.75) is 52.6 Å². The van der Waals surface area contributed by atoms with Crippen LogP contribution >= 0.6 is 0 Å². The van der Waals surface area contributed by atoms with E-state index in [9.17, 15) is 4.79 Å². The second-order valence-corrected chi connectivity index (χ2v) is 8.66. The summed E-state index contributed by atoms with van der Waals surface area (Å²) in [6.45, 7) is 9.20. The molecule has 1 heterocycles. The highest BCUT2D eigenvalue weighted by molar-refractivity contribution is 5.94. The third kappa shape index (κ3) is 4.59. The first-order valence-electron chi connectivity index (χ1n) is 11.4. The summed E-state index contributed by atoms with van der Waals surface area (Å²) in [5.41, 5.74) is 6.39. The van der Waals surface area contributed by atoms with Crippen molar-refractivity contribution in [2.75, 3.05) is 0 Å². The van der Waals surface area contributed by atoms with Gasteiger partial charge in [0.05, 0.1) is 17.1 Å². The van der Waals surface area contributed by atoms with E-state index in [1.807, 2.05) is 56.3 Å². The molecule has 0 saturated carbocycles. The van der Waals surface area contributed by atoms with E-state index in [0.717, 1.165) is 28.8 Å². The Hall–Kier alpha value is -3.40. The molecule has 2 atom stereocenters. The second-order valence-electron chi connectivity index (χ2n) is 8.66. The van der Waals surface area contributed by atoms with Gasteiger partial charge in [0.15, 0.2) is 0 Å². The van der Waals surface area contributed by atoms with E-state index in [0.29, 0.717) is 18.0 Å². The number of fused-ring (bicyclic) bond motifs is 1. The molecule has 1 aromatic heterocycles. The molecule has 0 aliphatic carbocycles. The van der Waals surface area contributed by atoms with Crippen LogP contribution in [0.1, 0.15) is 72.0 Å². The smallest absolute Gasteiger partial charge is 0.251 e. The molecule has 4 nitrogen and oxygen atoms in total. The number of hydrogen-bond donors (Lipinski definition) is 1. The number of amides is 1. The highest BCUT2D eigenvalue weighted by atomic mass is 16.1. The molecule has 0 aliphatic rings. The summed E-state index contributed by atoms with van der Waals surface area (Å²) in [5.74, 6) is 1.33. The summed E-state index contributed by atoms with van der Waals surface area (Å²) < 4.78 is 2.22. The molecule has 0 aliphatic heterocycles. The van der Waals surface area contributed by atoms with Gasteiger partial charge in [0, 0.05) is 12.1 Å². The van der Waals surface area contributed by atoms with Gasteiger partial charge in [-0.2, -0.15) is 0 Å². The lowest BCUT2D eigenvalue weighted by Gasteiger charge is -2.17. The minimum atomic E-state index is -0.226. The molecular formula is C28H31N3O. The predicted octanol–water partition coefficient (Wildman–Crippen LogP) is 6.40. The van der Waals surface area contributed by atoms with Crippen LogP contribution in [0.5, 0.6) is 0 Å². The molecule has 4 aromatic rings. The van der Waals surface area contributed by atoms with Gasteiger partial charge in [-0.1, -0.05) is 67.9 Å². The van der Waals surface area contributed by atoms with Gasteiger partial charge in [0.25, 0.3) is 5.91 Å². The number of carbonyl (C=O) groups is 1. The third-order valence-electron chi connectivity index (χ3n) is 6.23. The van der Waals surface area contributed by atoms with E-state index in [1.165, 1.54) is 11.1 Å². The minimum absolute atomic E-state index is 0.0889. The fourth-order valence-electron chi connectivity index (χ4n) is 4.01. The number of para-hydroxylation sites is 2. The third-order valence-corrected chi connectivity index (χ3v) is 6.23. The Kier molecular flexibility index (Phi) is 6.40. The Morgan fingerprint density at radius 2 is 1.66 bits per heavy atom. The number of nitrogens with one attached hydrogen (secondary N) is 1. The zero-order valence-electron chi connectivity index (χ0n) is 19.3. The molecule has 3 aromatic carbocycles. The van der Waals surface area contributed by atoms with Crippen LogP contribution in [0.2, 0.25) is 0 Å². The maximum absolute atomic E-state index is 12.8. The van der Waals surface area contributed by atoms with Gasteiger partial charge in [0.2, 0.25) is 0 Å². The molecule has 0 radical (unpaired) electrons. The molecule has 0 spiro atoms. The van der Waals surface area contributed by atoms with Crippen molar-refractivity contribution >= 4 is 16.9 Å². The van der Waals surface area contributed by atoms with Crippen molar-refractivity contribution in [1.29, 1.82) is 0 Å². The first kappa shape index (κ1) is 21.8. The summed E-state index contributed by atoms with van der Waals surface area (Å²) in [5, 5.41) is 3.13. The summed E-state index contributed by atoms with van der Waals surface area (Å²) >= 11 is 0. The van der Waals surface area contributed by atoms with Crippen molar-refractivity contribution in [3.8, 4) is 0 Å². The van der Waals surface area contributed by atoms with Gasteiger partial charge in [0.1, 0.15) is 5.82 Å². The van der Waals surface area contributed by atoms with Crippen LogP contribution in [0, 0.1) is 6.92 Å². The fourth-order valence-corrected chi connectivity index (χ4v) is 4.01. The number of imidazole rings is 1. The standard InChI is InChI=1S/C28H31N3O/c1-5-20(3)23-16-12-22(13-17-23)18-31-26-9-7-6-8-25(26)30-27(31)21(4)29-28(32)24-14-10-19(2)11-15-24/h6-17,20-21H,5,18H2,1-4H3,(H,29,32). The Balaban J connectivity index is 1.62. The average Bonchev–Trinajstić information content (AvgIpc) is 3.18. The maximum Gasteiger partial charge on any atom is 0.251 e. The molecule has 1 amide bonds. The average molecular weight is 426 g/mol. The summed E-state index contributed by atoms with van der Waals surface area (Å²) in [6.07, 6.45) is 1.13. The number of aromatic nitrogens is 2. The number of aryl methyl sites for hydroxylation is 1. The predicted molar refractivity (Wildman–Crippen MR) is 131 cm³/mol. The van der Waals surface area contributed by atoms with Crippen molar-refractivity contribution in [2.24, 2.45) is 0 Å². The van der Waals surface area contributed by atoms with E-state index in [4.69, 9.17) is 4.98 Å². The Morgan fingerprint density at radius 1 is 0.969 bits per heavy atom. The zero-order valence-corrected chi connectivity index (χ0v) is 19.3. The van der Waals surface area contributed by atoms with Gasteiger partial charge >= 0.3 is 0 Å². The number of nitrogens with zero attached hydrogens (tertiary/aromatic N) is 2. The van der Waals surface area contributed by atoms with Crippen LogP contribution in [-0.2, 0) is 6.54 Å². The molecule has 32 heavy (non-hydrogen) atoms. The molecular weight excluding hydrogens is 394 g/mol. The lowest BCUT2D eigenvalue weighted by atomic mass is 9.97. The van der Waals surface area contributed by atoms with Crippen molar-refractivity contribution in [3.63, 3.8) is 0 Å². The molecule has 164 valence electrons. The molecule has 4 rings (SSSR count). The van der Waals surface area contributed by atoms with Gasteiger partial charge < -0.3 is 9.88 Å². The monoisotopic (exact) mass is 425 g/mol. The quantitative estimate of drug-likeness (QED) is 0.372. The second kappa shape index (κ2) is 9.39. The van der Waals surface area contributed by atoms with Gasteiger partial charge in [-0.15, -0.1) is 0 Å². The highest BCUT2D eigenvalue weighted by Crippen LogP contribution is 2.24. The van der Waals surface area contributed by atoms with Crippen LogP contribution in [0.15, 0.2) is 72.8 Å². The minimum Gasteiger partial charge on any atom is -0.342 e. The Bertz CT molecular complexity index is 1210. The number of rotatable bonds is 7. The molecule has 2 unspecified atom stereocenters. The van der Waals surface area contributed by atoms with Crippen molar-refractivity contribution < 1.29 is 4.79 Å². The first-order chi connectivity index (χ1) is 15.5. The van der Waals surface area contributed by atoms with Crippen LogP contribution in [0.4, 0.5) is 0 Å². The van der Waals surface area contributed by atoms with Crippen LogP contribution in [-0.4, -0.2) is 15.5 Å². The molecule has 0 bridgehead atoms. The molecule has 0 saturated heterocycles. The molecule has 0 fully saturated rings. The van der Waals surface area contributed by atoms with Gasteiger partial charge in [-0.25, -0.2) is 4.98 Å². The van der Waals surface area contributed by atoms with Gasteiger partial charge in [-0.05, 0) is 61.6 Å². The maximum atomic E-state index is 12.8. The topological polar surface area (TPSA) is 46.9 Å². The van der Waals surface area contributed by atoms with Gasteiger partial charge in [-0.3, -0.25) is 4.79 Å². The number of benzene rings is 3. The van der Waals surface area contributed by atoms with Crippen LogP contribution in [0.3, 0.4) is 0 Å². The van der Waals surface area contributed by atoms with E-state index < -0.39 is 0 Å². The Labute approximate surface area is 190 Å². The number of hydrogen-bond acceptors (Lipinski definition) is 2. The summed E-state index contributed by atoms with van der Waals surface area (Å²) in [7, 11) is 0. The number of carbonyl (C=O) groups excluding carboxylic acids is 1. The zero-order chi connectivity index (χ0) is 22.7. The van der Waals surface area contributed by atoms with E-state index in [1.54, 1.807) is 0 Å². The lowest BCUT2D eigenvalue weighted by Crippen LogP contribution is -2.28. The fraction of sp³-hybridized carbons (Fsp3) is 0.286. The SMILES string of the molecule is CCC(C)c1ccc(Cn2c(C(C)NC(=O)c3ccc(C)cc3)nc3ccccc32)cc1. The van der Waals surface area contributed by atoms with Crippen molar-refractivity contribution in [3.05, 3.63) is 101 Å². The van der Waals surface area contributed by atoms with E-state index in [-0.39, 0.29) is 11.9 Å². The van der Waals surface area contributed by atoms with Crippen LogP contribution < -0.4 is 5.32 Å². The molecule has 4 heteroatoms. The highest BCUT2D eigenvalue weighted by Gasteiger charge is 2.19. The van der Waals surface area contributed by atoms with Crippen LogP contribution in [0.25, 0.3) is 11.0 Å². The Morgan fingerprint density at radius 3 is 2.34 bits per heavy atom. The van der Waals surface area contributed by atoms with Crippen molar-refractivity contribution in [1.82, 2.24) is 14.9 Å². The van der Waals surface area contributed by atoms with E-state index in [2.05, 4.69) is 54.1 Å². The molecule has 1 N–H and O–H groups in total. The summed E-state index contributed by atoms with van der Waals surface area (Å²) in [6, 6.07) is 24.4. The van der Waals surface area contributed by atoms with E-state index >= 15 is 0 Å². The lowest BCUT2D eigenvalue weighted by molar-refractivity contribution is 0.0938. The largest absolute Gasteiger partial charge is 0.342 e. The summed E-state index contributed by atoms with van der Waals surface area (Å²) in [4.78, 5) is 17.7. The normalized spacial score (nSPS) is 13.1. The first-order valence-corrected chi connectivity index (χ1v) is 11.4.